The molecule has 0 bridgehead atoms. The highest BCUT2D eigenvalue weighted by molar-refractivity contribution is 5.75. The summed E-state index contributed by atoms with van der Waals surface area (Å²) < 4.78 is 20.0. The minimum Gasteiger partial charge on any atom is -0.362 e. The summed E-state index contributed by atoms with van der Waals surface area (Å²) in [6.45, 7) is 5.99. The zero-order valence-electron chi connectivity index (χ0n) is 18.5. The summed E-state index contributed by atoms with van der Waals surface area (Å²) in [6.07, 6.45) is 3.87. The van der Waals surface area contributed by atoms with Crippen LogP contribution < -0.4 is 4.90 Å². The Balaban J connectivity index is 1.35. The fraction of sp³-hybridized carbons (Fsp3) is 0.409. The second-order valence-electron chi connectivity index (χ2n) is 8.82. The molecule has 1 atom stereocenters. The second kappa shape index (κ2) is 7.38. The van der Waals surface area contributed by atoms with Crippen molar-refractivity contribution in [3.63, 3.8) is 0 Å². The number of rotatable bonds is 3. The molecule has 0 aromatic carbocycles. The highest BCUT2D eigenvalue weighted by Gasteiger charge is 2.32. The number of pyridine rings is 1. The van der Waals surface area contributed by atoms with Crippen molar-refractivity contribution in [2.45, 2.75) is 39.0 Å². The molecule has 4 aromatic rings. The summed E-state index contributed by atoms with van der Waals surface area (Å²) in [5.41, 5.74) is 6.04. The number of hydrogen-bond donors (Lipinski definition) is 0. The lowest BCUT2D eigenvalue weighted by Crippen LogP contribution is -2.38. The fourth-order valence-corrected chi connectivity index (χ4v) is 5.07. The summed E-state index contributed by atoms with van der Waals surface area (Å²) in [6, 6.07) is 5.75. The third-order valence-corrected chi connectivity index (χ3v) is 6.73. The first-order valence-electron chi connectivity index (χ1n) is 11.0. The Bertz CT molecular complexity index is 1410. The van der Waals surface area contributed by atoms with Crippen LogP contribution in [0.2, 0.25) is 0 Å². The lowest BCUT2D eigenvalue weighted by Gasteiger charge is -2.35. The molecule has 0 saturated heterocycles. The van der Waals surface area contributed by atoms with Gasteiger partial charge in [0.15, 0.2) is 5.82 Å². The number of aryl methyl sites for hydroxylation is 1. The molecule has 11 heteroatoms. The third-order valence-electron chi connectivity index (χ3n) is 6.73. The minimum atomic E-state index is -0.424. The maximum absolute atomic E-state index is 14.7. The van der Waals surface area contributed by atoms with Crippen molar-refractivity contribution in [1.82, 2.24) is 39.3 Å². The van der Waals surface area contributed by atoms with E-state index >= 15 is 0 Å². The molecule has 0 fully saturated rings. The maximum atomic E-state index is 14.7. The molecule has 0 amide bonds. The summed E-state index contributed by atoms with van der Waals surface area (Å²) in [5, 5.41) is 26.4. The van der Waals surface area contributed by atoms with Crippen molar-refractivity contribution < 1.29 is 4.39 Å². The standard InChI is InChI=1S/C22H23FN10/c1-14-10-31(20-4-3-15(7-24)33-22(20)18(23)9-26-33)13-21-17-12-30(6-5-19(17)27-32(14)21)11-16-8-25-28-29(16)2/h3-4,8-9,14H,5-6,10-13H2,1-2H3/t14-/m1/s1. The molecule has 168 valence electrons. The second-order valence-corrected chi connectivity index (χ2v) is 8.82. The van der Waals surface area contributed by atoms with Crippen LogP contribution in [0.25, 0.3) is 5.52 Å². The summed E-state index contributed by atoms with van der Waals surface area (Å²) in [5.74, 6) is -0.424. The van der Waals surface area contributed by atoms with Crippen molar-refractivity contribution in [2.75, 3.05) is 18.0 Å². The number of anilines is 1. The van der Waals surface area contributed by atoms with Crippen LogP contribution in [-0.2, 0) is 33.1 Å². The zero-order chi connectivity index (χ0) is 22.7. The zero-order valence-corrected chi connectivity index (χ0v) is 18.5. The Kier molecular flexibility index (Phi) is 4.45. The van der Waals surface area contributed by atoms with E-state index < -0.39 is 5.82 Å². The number of fused-ring (bicyclic) bond motifs is 4. The first kappa shape index (κ1) is 19.9. The molecule has 0 N–H and O–H groups in total. The van der Waals surface area contributed by atoms with Crippen molar-refractivity contribution in [1.29, 1.82) is 5.26 Å². The van der Waals surface area contributed by atoms with E-state index in [9.17, 15) is 9.65 Å². The molecule has 0 radical (unpaired) electrons. The van der Waals surface area contributed by atoms with Crippen molar-refractivity contribution in [3.05, 3.63) is 58.7 Å². The van der Waals surface area contributed by atoms with Gasteiger partial charge in [-0.3, -0.25) is 14.3 Å². The van der Waals surface area contributed by atoms with E-state index in [0.717, 1.165) is 43.1 Å². The molecule has 0 unspecified atom stereocenters. The normalized spacial score (nSPS) is 18.4. The molecular formula is C22H23FN10. The lowest BCUT2D eigenvalue weighted by molar-refractivity contribution is 0.237. The monoisotopic (exact) mass is 446 g/mol. The summed E-state index contributed by atoms with van der Waals surface area (Å²) >= 11 is 0. The smallest absolute Gasteiger partial charge is 0.171 e. The first-order chi connectivity index (χ1) is 16.0. The molecule has 2 aliphatic rings. The van der Waals surface area contributed by atoms with E-state index in [-0.39, 0.29) is 6.04 Å². The molecule has 0 aliphatic carbocycles. The van der Waals surface area contributed by atoms with Crippen LogP contribution in [0, 0.1) is 17.1 Å². The maximum Gasteiger partial charge on any atom is 0.171 e. The van der Waals surface area contributed by atoms with E-state index in [2.05, 4.69) is 42.9 Å². The number of aromatic nitrogens is 7. The van der Waals surface area contributed by atoms with E-state index in [1.54, 1.807) is 6.07 Å². The van der Waals surface area contributed by atoms with Crippen LogP contribution in [-0.4, -0.2) is 52.4 Å². The Labute approximate surface area is 189 Å². The van der Waals surface area contributed by atoms with Gasteiger partial charge in [-0.25, -0.2) is 8.91 Å². The van der Waals surface area contributed by atoms with Gasteiger partial charge in [0.05, 0.1) is 47.7 Å². The molecule has 0 saturated carbocycles. The quantitative estimate of drug-likeness (QED) is 0.474. The predicted octanol–water partition coefficient (Wildman–Crippen LogP) is 1.81. The van der Waals surface area contributed by atoms with Gasteiger partial charge < -0.3 is 4.90 Å². The largest absolute Gasteiger partial charge is 0.362 e. The number of nitriles is 1. The number of nitrogens with zero attached hydrogens (tertiary/aromatic N) is 10. The number of halogens is 1. The average molecular weight is 446 g/mol. The SMILES string of the molecule is C[C@@H]1CN(c2ccc(C#N)n3ncc(F)c23)Cc2c3c(nn21)CCN(Cc1cnnn1C)C3. The van der Waals surface area contributed by atoms with Crippen molar-refractivity contribution in [3.8, 4) is 6.07 Å². The number of hydrogen-bond acceptors (Lipinski definition) is 7. The molecular weight excluding hydrogens is 423 g/mol. The van der Waals surface area contributed by atoms with Gasteiger partial charge in [0.1, 0.15) is 17.3 Å². The van der Waals surface area contributed by atoms with Crippen LogP contribution in [0.15, 0.2) is 24.5 Å². The topological polar surface area (TPSA) is 96.1 Å². The Morgan fingerprint density at radius 3 is 2.91 bits per heavy atom. The lowest BCUT2D eigenvalue weighted by atomic mass is 10.0. The van der Waals surface area contributed by atoms with Gasteiger partial charge in [0.25, 0.3) is 0 Å². The Hall–Kier alpha value is -3.78. The molecule has 10 nitrogen and oxygen atoms in total. The fourth-order valence-electron chi connectivity index (χ4n) is 5.07. The molecule has 2 aliphatic heterocycles. The van der Waals surface area contributed by atoms with Gasteiger partial charge in [-0.15, -0.1) is 5.10 Å². The van der Waals surface area contributed by atoms with Gasteiger partial charge >= 0.3 is 0 Å². The average Bonchev–Trinajstić information content (AvgIpc) is 3.51. The van der Waals surface area contributed by atoms with Gasteiger partial charge in [0.2, 0.25) is 0 Å². The summed E-state index contributed by atoms with van der Waals surface area (Å²) in [4.78, 5) is 4.57. The Morgan fingerprint density at radius 2 is 2.12 bits per heavy atom. The highest BCUT2D eigenvalue weighted by atomic mass is 19.1. The molecule has 6 heterocycles. The first-order valence-corrected chi connectivity index (χ1v) is 11.0. The predicted molar refractivity (Wildman–Crippen MR) is 117 cm³/mol. The van der Waals surface area contributed by atoms with Crippen LogP contribution >= 0.6 is 0 Å². The van der Waals surface area contributed by atoms with Crippen molar-refractivity contribution >= 4 is 11.2 Å². The molecule has 6 rings (SSSR count). The van der Waals surface area contributed by atoms with Gasteiger partial charge in [0, 0.05) is 45.2 Å². The van der Waals surface area contributed by atoms with E-state index in [1.165, 1.54) is 22.0 Å². The van der Waals surface area contributed by atoms with E-state index in [4.69, 9.17) is 5.10 Å². The third kappa shape index (κ3) is 3.09. The molecule has 4 aromatic heterocycles. The highest BCUT2D eigenvalue weighted by Crippen LogP contribution is 2.34. The minimum absolute atomic E-state index is 0.135. The van der Waals surface area contributed by atoms with Crippen LogP contribution in [0.5, 0.6) is 0 Å². The van der Waals surface area contributed by atoms with Crippen LogP contribution in [0.1, 0.15) is 41.3 Å². The van der Waals surface area contributed by atoms with Crippen LogP contribution in [0.3, 0.4) is 0 Å². The van der Waals surface area contributed by atoms with Gasteiger partial charge in [-0.05, 0) is 19.1 Å². The Morgan fingerprint density at radius 1 is 1.24 bits per heavy atom. The van der Waals surface area contributed by atoms with Gasteiger partial charge in [-0.1, -0.05) is 5.21 Å². The molecule has 0 spiro atoms. The van der Waals surface area contributed by atoms with Crippen molar-refractivity contribution in [2.24, 2.45) is 7.05 Å². The summed E-state index contributed by atoms with van der Waals surface area (Å²) in [7, 11) is 1.91. The van der Waals surface area contributed by atoms with Crippen LogP contribution in [0.4, 0.5) is 10.1 Å². The molecule has 33 heavy (non-hydrogen) atoms. The van der Waals surface area contributed by atoms with E-state index in [1.807, 2.05) is 24.0 Å². The van der Waals surface area contributed by atoms with E-state index in [0.29, 0.717) is 24.3 Å². The van der Waals surface area contributed by atoms with Gasteiger partial charge in [-0.2, -0.15) is 15.5 Å².